The highest BCUT2D eigenvalue weighted by Gasteiger charge is 2.25. The smallest absolute Gasteiger partial charge is 0.161 e. The molecule has 0 aromatic heterocycles. The summed E-state index contributed by atoms with van der Waals surface area (Å²) in [5.74, 6) is 1.48. The molecule has 2 aromatic carbocycles. The van der Waals surface area contributed by atoms with E-state index in [0.717, 1.165) is 35.6 Å². The molecule has 0 saturated carbocycles. The lowest BCUT2D eigenvalue weighted by Gasteiger charge is -2.29. The number of benzene rings is 2. The third kappa shape index (κ3) is 2.76. The standard InChI is InChI=1S/C17H17Cl2NO2/c1-21-15-7-10-5-6-20-17(13(10)9-16(15)22-2)12-4-3-11(18)8-14(12)19/h3-4,7-9,17,20H,5-6H2,1-2H3. The molecule has 22 heavy (non-hydrogen) atoms. The zero-order valence-corrected chi connectivity index (χ0v) is 14.0. The van der Waals surface area contributed by atoms with Crippen LogP contribution in [0.1, 0.15) is 22.7 Å². The maximum Gasteiger partial charge on any atom is 0.161 e. The van der Waals surface area contributed by atoms with E-state index in [-0.39, 0.29) is 6.04 Å². The van der Waals surface area contributed by atoms with Gasteiger partial charge in [0.2, 0.25) is 0 Å². The molecule has 0 spiro atoms. The highest BCUT2D eigenvalue weighted by atomic mass is 35.5. The van der Waals surface area contributed by atoms with Crippen LogP contribution >= 0.6 is 23.2 Å². The summed E-state index contributed by atoms with van der Waals surface area (Å²) in [6.45, 7) is 0.881. The van der Waals surface area contributed by atoms with Gasteiger partial charge in [-0.15, -0.1) is 0 Å². The minimum atomic E-state index is 0.0216. The minimum absolute atomic E-state index is 0.0216. The van der Waals surface area contributed by atoms with E-state index in [2.05, 4.69) is 5.32 Å². The van der Waals surface area contributed by atoms with E-state index < -0.39 is 0 Å². The summed E-state index contributed by atoms with van der Waals surface area (Å²) in [5.41, 5.74) is 3.42. The molecule has 1 aliphatic rings. The zero-order valence-electron chi connectivity index (χ0n) is 12.5. The van der Waals surface area contributed by atoms with Crippen molar-refractivity contribution in [3.63, 3.8) is 0 Å². The van der Waals surface area contributed by atoms with Crippen molar-refractivity contribution in [1.82, 2.24) is 5.32 Å². The van der Waals surface area contributed by atoms with Crippen LogP contribution in [0.15, 0.2) is 30.3 Å². The Morgan fingerprint density at radius 1 is 1.00 bits per heavy atom. The fourth-order valence-electron chi connectivity index (χ4n) is 2.90. The second-order valence-corrected chi connectivity index (χ2v) is 6.05. The summed E-state index contributed by atoms with van der Waals surface area (Å²) in [5, 5.41) is 4.81. The Kier molecular flexibility index (Phi) is 4.48. The fraction of sp³-hybridized carbons (Fsp3) is 0.294. The van der Waals surface area contributed by atoms with Gasteiger partial charge in [0.1, 0.15) is 0 Å². The molecule has 3 nitrogen and oxygen atoms in total. The van der Waals surface area contributed by atoms with Gasteiger partial charge in [0, 0.05) is 16.6 Å². The van der Waals surface area contributed by atoms with E-state index in [1.54, 1.807) is 20.3 Å². The molecular weight excluding hydrogens is 321 g/mol. The van der Waals surface area contributed by atoms with Gasteiger partial charge in [0.05, 0.1) is 20.3 Å². The average molecular weight is 338 g/mol. The molecular formula is C17H17Cl2NO2. The van der Waals surface area contributed by atoms with Gasteiger partial charge < -0.3 is 14.8 Å². The summed E-state index contributed by atoms with van der Waals surface area (Å²) >= 11 is 12.4. The molecule has 0 fully saturated rings. The van der Waals surface area contributed by atoms with Gasteiger partial charge in [0.25, 0.3) is 0 Å². The predicted molar refractivity (Wildman–Crippen MR) is 89.6 cm³/mol. The second-order valence-electron chi connectivity index (χ2n) is 5.21. The maximum absolute atomic E-state index is 6.38. The third-order valence-corrected chi connectivity index (χ3v) is 4.54. The van der Waals surface area contributed by atoms with E-state index in [0.29, 0.717) is 10.0 Å². The van der Waals surface area contributed by atoms with E-state index in [1.807, 2.05) is 24.3 Å². The molecule has 1 heterocycles. The van der Waals surface area contributed by atoms with Crippen LogP contribution in [-0.2, 0) is 6.42 Å². The Labute approximate surface area is 140 Å². The number of hydrogen-bond acceptors (Lipinski definition) is 3. The molecule has 0 aliphatic carbocycles. The van der Waals surface area contributed by atoms with Gasteiger partial charge in [-0.2, -0.15) is 0 Å². The molecule has 116 valence electrons. The molecule has 0 radical (unpaired) electrons. The van der Waals surface area contributed by atoms with Crippen LogP contribution in [0, 0.1) is 0 Å². The molecule has 3 rings (SSSR count). The van der Waals surface area contributed by atoms with Crippen LogP contribution < -0.4 is 14.8 Å². The number of nitrogens with one attached hydrogen (secondary N) is 1. The van der Waals surface area contributed by atoms with Crippen molar-refractivity contribution < 1.29 is 9.47 Å². The summed E-state index contributed by atoms with van der Waals surface area (Å²) in [6.07, 6.45) is 0.942. The van der Waals surface area contributed by atoms with Gasteiger partial charge in [-0.25, -0.2) is 0 Å². The molecule has 0 bridgehead atoms. The first-order valence-electron chi connectivity index (χ1n) is 7.07. The summed E-state index contributed by atoms with van der Waals surface area (Å²) < 4.78 is 10.8. The van der Waals surface area contributed by atoms with E-state index in [1.165, 1.54) is 5.56 Å². The molecule has 0 saturated heterocycles. The van der Waals surface area contributed by atoms with Gasteiger partial charge in [-0.3, -0.25) is 0 Å². The lowest BCUT2D eigenvalue weighted by atomic mass is 9.89. The van der Waals surface area contributed by atoms with Crippen molar-refractivity contribution in [3.05, 3.63) is 57.1 Å². The van der Waals surface area contributed by atoms with Crippen molar-refractivity contribution in [2.24, 2.45) is 0 Å². The Morgan fingerprint density at radius 3 is 2.41 bits per heavy atom. The fourth-order valence-corrected chi connectivity index (χ4v) is 3.41. The topological polar surface area (TPSA) is 30.5 Å². The number of fused-ring (bicyclic) bond motifs is 1. The number of ether oxygens (including phenoxy) is 2. The molecule has 5 heteroatoms. The van der Waals surface area contributed by atoms with Crippen molar-refractivity contribution in [2.75, 3.05) is 20.8 Å². The first kappa shape index (κ1) is 15.5. The zero-order chi connectivity index (χ0) is 15.7. The third-order valence-electron chi connectivity index (χ3n) is 3.97. The van der Waals surface area contributed by atoms with Crippen LogP contribution in [-0.4, -0.2) is 20.8 Å². The molecule has 1 unspecified atom stereocenters. The van der Waals surface area contributed by atoms with Crippen LogP contribution in [0.25, 0.3) is 0 Å². The second kappa shape index (κ2) is 6.37. The van der Waals surface area contributed by atoms with Crippen molar-refractivity contribution >= 4 is 23.2 Å². The minimum Gasteiger partial charge on any atom is -0.493 e. The Morgan fingerprint density at radius 2 is 1.73 bits per heavy atom. The Balaban J connectivity index is 2.10. The number of halogens is 2. The van der Waals surface area contributed by atoms with Crippen molar-refractivity contribution in [2.45, 2.75) is 12.5 Å². The van der Waals surface area contributed by atoms with Crippen LogP contribution in [0.2, 0.25) is 10.0 Å². The lowest BCUT2D eigenvalue weighted by molar-refractivity contribution is 0.353. The molecule has 1 atom stereocenters. The maximum atomic E-state index is 6.38. The molecule has 0 amide bonds. The Hall–Kier alpha value is -1.42. The normalized spacial score (nSPS) is 17.0. The number of hydrogen-bond donors (Lipinski definition) is 1. The van der Waals surface area contributed by atoms with E-state index >= 15 is 0 Å². The quantitative estimate of drug-likeness (QED) is 0.908. The van der Waals surface area contributed by atoms with Crippen LogP contribution in [0.5, 0.6) is 11.5 Å². The van der Waals surface area contributed by atoms with Gasteiger partial charge in [-0.1, -0.05) is 29.3 Å². The molecule has 2 aromatic rings. The van der Waals surface area contributed by atoms with Crippen molar-refractivity contribution in [1.29, 1.82) is 0 Å². The molecule has 1 N–H and O–H groups in total. The predicted octanol–water partition coefficient (Wildman–Crippen LogP) is 4.25. The van der Waals surface area contributed by atoms with E-state index in [9.17, 15) is 0 Å². The van der Waals surface area contributed by atoms with Crippen LogP contribution in [0.3, 0.4) is 0 Å². The number of methoxy groups -OCH3 is 2. The Bertz CT molecular complexity index is 703. The number of rotatable bonds is 3. The first-order valence-corrected chi connectivity index (χ1v) is 7.82. The summed E-state index contributed by atoms with van der Waals surface area (Å²) in [7, 11) is 3.30. The van der Waals surface area contributed by atoms with E-state index in [4.69, 9.17) is 32.7 Å². The highest BCUT2D eigenvalue weighted by molar-refractivity contribution is 6.35. The van der Waals surface area contributed by atoms with Gasteiger partial charge in [-0.05, 0) is 47.4 Å². The van der Waals surface area contributed by atoms with Crippen LogP contribution in [0.4, 0.5) is 0 Å². The lowest BCUT2D eigenvalue weighted by Crippen LogP contribution is -2.30. The average Bonchev–Trinajstić information content (AvgIpc) is 2.53. The first-order chi connectivity index (χ1) is 10.6. The molecule has 1 aliphatic heterocycles. The van der Waals surface area contributed by atoms with Gasteiger partial charge in [0.15, 0.2) is 11.5 Å². The summed E-state index contributed by atoms with van der Waals surface area (Å²) in [6, 6.07) is 9.69. The highest BCUT2D eigenvalue weighted by Crippen LogP contribution is 2.39. The largest absolute Gasteiger partial charge is 0.493 e. The van der Waals surface area contributed by atoms with Crippen molar-refractivity contribution in [3.8, 4) is 11.5 Å². The van der Waals surface area contributed by atoms with Gasteiger partial charge >= 0.3 is 0 Å². The SMILES string of the molecule is COc1cc2c(cc1OC)C(c1ccc(Cl)cc1Cl)NCC2. The monoisotopic (exact) mass is 337 g/mol. The summed E-state index contributed by atoms with van der Waals surface area (Å²) in [4.78, 5) is 0.